The molecule has 1 N–H and O–H groups in total. The van der Waals surface area contributed by atoms with E-state index < -0.39 is 39.8 Å². The van der Waals surface area contributed by atoms with E-state index in [2.05, 4.69) is 5.32 Å². The van der Waals surface area contributed by atoms with Crippen LogP contribution in [0.2, 0.25) is 0 Å². The molecule has 134 valence electrons. The van der Waals surface area contributed by atoms with E-state index in [1.807, 2.05) is 13.0 Å². The van der Waals surface area contributed by atoms with E-state index >= 15 is 0 Å². The van der Waals surface area contributed by atoms with Crippen LogP contribution >= 0.6 is 0 Å². The van der Waals surface area contributed by atoms with Crippen LogP contribution in [0.25, 0.3) is 0 Å². The maximum Gasteiger partial charge on any atom is 0.245 e. The predicted octanol–water partition coefficient (Wildman–Crippen LogP) is 2.99. The Labute approximate surface area is 145 Å². The van der Waals surface area contributed by atoms with E-state index in [0.29, 0.717) is 9.99 Å². The Morgan fingerprint density at radius 2 is 1.72 bits per heavy atom. The molecule has 1 amide bonds. The first-order chi connectivity index (χ1) is 11.6. The van der Waals surface area contributed by atoms with Crippen molar-refractivity contribution in [1.29, 1.82) is 0 Å². The minimum absolute atomic E-state index is 0.413. The molecular weight excluding hydrogens is 350 g/mol. The van der Waals surface area contributed by atoms with Gasteiger partial charge in [0.1, 0.15) is 12.2 Å². The summed E-state index contributed by atoms with van der Waals surface area (Å²) >= 11 is 0. The summed E-state index contributed by atoms with van der Waals surface area (Å²) in [6, 6.07) is 8.28. The topological polar surface area (TPSA) is 66.5 Å². The highest BCUT2D eigenvalue weighted by molar-refractivity contribution is 7.92. The molecule has 0 aliphatic rings. The first kappa shape index (κ1) is 18.9. The highest BCUT2D eigenvalue weighted by Crippen LogP contribution is 2.25. The fourth-order valence-corrected chi connectivity index (χ4v) is 3.22. The summed E-state index contributed by atoms with van der Waals surface area (Å²) in [6.07, 6.45) is 0.781. The number of nitrogens with zero attached hydrogens (tertiary/aromatic N) is 1. The van der Waals surface area contributed by atoms with Gasteiger partial charge in [-0.05, 0) is 37.6 Å². The van der Waals surface area contributed by atoms with Crippen LogP contribution in [-0.2, 0) is 14.8 Å². The Bertz CT molecular complexity index is 894. The lowest BCUT2D eigenvalue weighted by molar-refractivity contribution is -0.114. The Morgan fingerprint density at radius 3 is 2.24 bits per heavy atom. The van der Waals surface area contributed by atoms with Gasteiger partial charge >= 0.3 is 0 Å². The standard InChI is InChI=1S/C17H18F2N2O3S/c1-11-7-8-15(12(2)9-11)20-16(22)10-21(25(3,23)24)17-13(18)5-4-6-14(17)19/h4-9H,10H2,1-3H3,(H,20,22). The molecular formula is C17H18F2N2O3S. The van der Waals surface area contributed by atoms with Crippen molar-refractivity contribution in [3.05, 3.63) is 59.2 Å². The number of hydrogen-bond donors (Lipinski definition) is 1. The number of nitrogens with one attached hydrogen (secondary N) is 1. The minimum Gasteiger partial charge on any atom is -0.324 e. The SMILES string of the molecule is Cc1ccc(NC(=O)CN(c2c(F)cccc2F)S(C)(=O)=O)c(C)c1. The van der Waals surface area contributed by atoms with Gasteiger partial charge in [-0.1, -0.05) is 23.8 Å². The smallest absolute Gasteiger partial charge is 0.245 e. The van der Waals surface area contributed by atoms with Gasteiger partial charge < -0.3 is 5.32 Å². The number of amides is 1. The number of sulfonamides is 1. The monoisotopic (exact) mass is 368 g/mol. The molecule has 0 fully saturated rings. The minimum atomic E-state index is -4.07. The van der Waals surface area contributed by atoms with Crippen LogP contribution in [0.4, 0.5) is 20.2 Å². The fourth-order valence-electron chi connectivity index (χ4n) is 2.36. The summed E-state index contributed by atoms with van der Waals surface area (Å²) in [5, 5.41) is 2.56. The maximum atomic E-state index is 13.9. The van der Waals surface area contributed by atoms with Crippen molar-refractivity contribution in [2.75, 3.05) is 22.4 Å². The molecule has 0 saturated carbocycles. The first-order valence-corrected chi connectivity index (χ1v) is 9.23. The number of carbonyl (C=O) groups is 1. The summed E-state index contributed by atoms with van der Waals surface area (Å²) in [6.45, 7) is 2.93. The van der Waals surface area contributed by atoms with Gasteiger partial charge in [-0.3, -0.25) is 9.10 Å². The molecule has 5 nitrogen and oxygen atoms in total. The lowest BCUT2D eigenvalue weighted by Crippen LogP contribution is -2.38. The first-order valence-electron chi connectivity index (χ1n) is 7.38. The van der Waals surface area contributed by atoms with Gasteiger partial charge in [-0.25, -0.2) is 17.2 Å². The van der Waals surface area contributed by atoms with Crippen molar-refractivity contribution >= 4 is 27.3 Å². The number of rotatable bonds is 5. The summed E-state index contributed by atoms with van der Waals surface area (Å²) < 4.78 is 52.2. The van der Waals surface area contributed by atoms with Crippen molar-refractivity contribution < 1.29 is 22.0 Å². The molecule has 0 spiro atoms. The number of benzene rings is 2. The maximum absolute atomic E-state index is 13.9. The molecule has 0 aromatic heterocycles. The van der Waals surface area contributed by atoms with E-state index in [-0.39, 0.29) is 0 Å². The second kappa shape index (κ2) is 7.18. The van der Waals surface area contributed by atoms with Gasteiger partial charge in [0, 0.05) is 5.69 Å². The molecule has 0 aliphatic heterocycles. The molecule has 0 heterocycles. The van der Waals surface area contributed by atoms with E-state index in [9.17, 15) is 22.0 Å². The van der Waals surface area contributed by atoms with E-state index in [1.165, 1.54) is 0 Å². The van der Waals surface area contributed by atoms with Gasteiger partial charge in [-0.15, -0.1) is 0 Å². The van der Waals surface area contributed by atoms with Gasteiger partial charge in [-0.2, -0.15) is 0 Å². The second-order valence-corrected chi connectivity index (χ2v) is 7.61. The van der Waals surface area contributed by atoms with E-state index in [1.54, 1.807) is 19.1 Å². The normalized spacial score (nSPS) is 11.2. The summed E-state index contributed by atoms with van der Waals surface area (Å²) in [5.74, 6) is -2.84. The van der Waals surface area contributed by atoms with Crippen molar-refractivity contribution in [2.24, 2.45) is 0 Å². The molecule has 0 unspecified atom stereocenters. The number of para-hydroxylation sites is 1. The summed E-state index contributed by atoms with van der Waals surface area (Å²) in [7, 11) is -4.07. The van der Waals surface area contributed by atoms with Gasteiger partial charge in [0.15, 0.2) is 11.6 Å². The lowest BCUT2D eigenvalue weighted by Gasteiger charge is -2.23. The van der Waals surface area contributed by atoms with E-state index in [4.69, 9.17) is 0 Å². The summed E-state index contributed by atoms with van der Waals surface area (Å²) in [5.41, 5.74) is 1.51. The molecule has 2 aromatic rings. The van der Waals surface area contributed by atoms with Crippen LogP contribution in [0.3, 0.4) is 0 Å². The van der Waals surface area contributed by atoms with Crippen LogP contribution in [0.5, 0.6) is 0 Å². The molecule has 0 bridgehead atoms. The third-order valence-electron chi connectivity index (χ3n) is 3.53. The molecule has 2 rings (SSSR count). The molecule has 0 radical (unpaired) electrons. The number of aryl methyl sites for hydroxylation is 2. The second-order valence-electron chi connectivity index (χ2n) is 5.71. The average Bonchev–Trinajstić information content (AvgIpc) is 2.48. The third-order valence-corrected chi connectivity index (χ3v) is 4.64. The zero-order chi connectivity index (χ0) is 18.8. The molecule has 2 aromatic carbocycles. The van der Waals surface area contributed by atoms with Crippen LogP contribution in [-0.4, -0.2) is 27.1 Å². The van der Waals surface area contributed by atoms with Crippen molar-refractivity contribution in [1.82, 2.24) is 0 Å². The molecule has 0 aliphatic carbocycles. The Hall–Kier alpha value is -2.48. The molecule has 0 saturated heterocycles. The number of anilines is 2. The van der Waals surface area contributed by atoms with E-state index in [0.717, 1.165) is 35.6 Å². The van der Waals surface area contributed by atoms with Gasteiger partial charge in [0.05, 0.1) is 6.26 Å². The van der Waals surface area contributed by atoms with Gasteiger partial charge in [0.25, 0.3) is 0 Å². The number of carbonyl (C=O) groups excluding carboxylic acids is 1. The van der Waals surface area contributed by atoms with Crippen LogP contribution < -0.4 is 9.62 Å². The lowest BCUT2D eigenvalue weighted by atomic mass is 10.1. The Morgan fingerprint density at radius 1 is 1.12 bits per heavy atom. The van der Waals surface area contributed by atoms with Crippen LogP contribution in [0, 0.1) is 25.5 Å². The van der Waals surface area contributed by atoms with Crippen LogP contribution in [0.15, 0.2) is 36.4 Å². The van der Waals surface area contributed by atoms with Crippen LogP contribution in [0.1, 0.15) is 11.1 Å². The van der Waals surface area contributed by atoms with Crippen molar-refractivity contribution in [2.45, 2.75) is 13.8 Å². The molecule has 25 heavy (non-hydrogen) atoms. The summed E-state index contributed by atoms with van der Waals surface area (Å²) in [4.78, 5) is 12.2. The average molecular weight is 368 g/mol. The fraction of sp³-hybridized carbons (Fsp3) is 0.235. The zero-order valence-electron chi connectivity index (χ0n) is 14.0. The number of halogens is 2. The molecule has 0 atom stereocenters. The zero-order valence-corrected chi connectivity index (χ0v) is 14.8. The Kier molecular flexibility index (Phi) is 5.42. The highest BCUT2D eigenvalue weighted by atomic mass is 32.2. The third kappa shape index (κ3) is 4.54. The number of hydrogen-bond acceptors (Lipinski definition) is 3. The Balaban J connectivity index is 2.31. The predicted molar refractivity (Wildman–Crippen MR) is 93.1 cm³/mol. The van der Waals surface area contributed by atoms with Gasteiger partial charge in [0.2, 0.25) is 15.9 Å². The van der Waals surface area contributed by atoms with Crippen molar-refractivity contribution in [3.8, 4) is 0 Å². The largest absolute Gasteiger partial charge is 0.324 e. The highest BCUT2D eigenvalue weighted by Gasteiger charge is 2.26. The quantitative estimate of drug-likeness (QED) is 0.882. The molecule has 8 heteroatoms. The van der Waals surface area contributed by atoms with Crippen molar-refractivity contribution in [3.63, 3.8) is 0 Å².